The smallest absolute Gasteiger partial charge is 0.254 e. The molecule has 6 nitrogen and oxygen atoms in total. The number of nitrogens with zero attached hydrogens (tertiary/aromatic N) is 3. The normalized spacial score (nSPS) is 17.3. The fraction of sp³-hybridized carbons (Fsp3) is 0.278. The number of nitrogens with one attached hydrogen (secondary N) is 1. The summed E-state index contributed by atoms with van der Waals surface area (Å²) < 4.78 is 7.18. The van der Waals surface area contributed by atoms with Gasteiger partial charge in [-0.2, -0.15) is 5.10 Å². The van der Waals surface area contributed by atoms with E-state index >= 15 is 0 Å². The van der Waals surface area contributed by atoms with Gasteiger partial charge in [-0.05, 0) is 35.9 Å². The first kappa shape index (κ1) is 14.8. The van der Waals surface area contributed by atoms with Crippen molar-refractivity contribution in [3.8, 4) is 11.1 Å². The Morgan fingerprint density at radius 2 is 2.17 bits per heavy atom. The molecule has 1 N–H and O–H groups in total. The van der Waals surface area contributed by atoms with Gasteiger partial charge in [-0.3, -0.25) is 9.48 Å². The standard InChI is InChI=1S/C18H18N4O2/c1-22-11-15(10-20-22)12-4-5-13-9-19-17(8-14(13)7-12)21-18(23)16-3-2-6-24-16/h4-5,7-11,16H,2-3,6H2,1H3,(H,19,21,23). The molecule has 1 unspecified atom stereocenters. The van der Waals surface area contributed by atoms with Crippen LogP contribution in [0.15, 0.2) is 42.9 Å². The molecular weight excluding hydrogens is 304 g/mol. The molecule has 1 saturated heterocycles. The summed E-state index contributed by atoms with van der Waals surface area (Å²) in [5.41, 5.74) is 2.14. The number of hydrogen-bond acceptors (Lipinski definition) is 4. The highest BCUT2D eigenvalue weighted by atomic mass is 16.5. The van der Waals surface area contributed by atoms with Crippen molar-refractivity contribution in [1.29, 1.82) is 0 Å². The third-order valence-corrected chi connectivity index (χ3v) is 4.23. The van der Waals surface area contributed by atoms with Gasteiger partial charge in [-0.25, -0.2) is 4.98 Å². The molecule has 24 heavy (non-hydrogen) atoms. The highest BCUT2D eigenvalue weighted by Gasteiger charge is 2.23. The minimum atomic E-state index is -0.357. The van der Waals surface area contributed by atoms with Crippen LogP contribution in [0.1, 0.15) is 12.8 Å². The van der Waals surface area contributed by atoms with Crippen LogP contribution in [0.2, 0.25) is 0 Å². The van der Waals surface area contributed by atoms with E-state index in [0.29, 0.717) is 12.4 Å². The van der Waals surface area contributed by atoms with Crippen molar-refractivity contribution < 1.29 is 9.53 Å². The molecule has 0 spiro atoms. The Morgan fingerprint density at radius 1 is 1.25 bits per heavy atom. The Morgan fingerprint density at radius 3 is 2.92 bits per heavy atom. The topological polar surface area (TPSA) is 69.0 Å². The summed E-state index contributed by atoms with van der Waals surface area (Å²) in [5.74, 6) is 0.425. The summed E-state index contributed by atoms with van der Waals surface area (Å²) in [6.07, 6.45) is 6.92. The van der Waals surface area contributed by atoms with E-state index in [9.17, 15) is 4.79 Å². The molecule has 1 fully saturated rings. The zero-order valence-corrected chi connectivity index (χ0v) is 13.4. The van der Waals surface area contributed by atoms with Gasteiger partial charge in [-0.15, -0.1) is 0 Å². The van der Waals surface area contributed by atoms with Crippen LogP contribution in [0.25, 0.3) is 21.9 Å². The number of amides is 1. The van der Waals surface area contributed by atoms with Gasteiger partial charge >= 0.3 is 0 Å². The largest absolute Gasteiger partial charge is 0.368 e. The molecule has 1 atom stereocenters. The average Bonchev–Trinajstić information content (AvgIpc) is 3.25. The molecule has 0 aliphatic carbocycles. The van der Waals surface area contributed by atoms with Crippen molar-refractivity contribution in [3.05, 3.63) is 42.9 Å². The first-order valence-electron chi connectivity index (χ1n) is 8.00. The molecule has 2 aromatic heterocycles. The lowest BCUT2D eigenvalue weighted by Crippen LogP contribution is -2.27. The van der Waals surface area contributed by atoms with E-state index in [1.807, 2.05) is 37.6 Å². The maximum absolute atomic E-state index is 12.2. The Balaban J connectivity index is 1.62. The minimum absolute atomic E-state index is 0.122. The lowest BCUT2D eigenvalue weighted by molar-refractivity contribution is -0.124. The van der Waals surface area contributed by atoms with E-state index in [4.69, 9.17) is 4.74 Å². The molecule has 1 aliphatic rings. The van der Waals surface area contributed by atoms with Crippen LogP contribution in [-0.4, -0.2) is 33.4 Å². The number of pyridine rings is 1. The molecule has 0 bridgehead atoms. The number of fused-ring (bicyclic) bond motifs is 1. The van der Waals surface area contributed by atoms with E-state index in [2.05, 4.69) is 21.5 Å². The van der Waals surface area contributed by atoms with E-state index in [-0.39, 0.29) is 12.0 Å². The zero-order valence-electron chi connectivity index (χ0n) is 13.4. The summed E-state index contributed by atoms with van der Waals surface area (Å²) >= 11 is 0. The van der Waals surface area contributed by atoms with Crippen LogP contribution in [0, 0.1) is 0 Å². The zero-order chi connectivity index (χ0) is 16.5. The summed E-state index contributed by atoms with van der Waals surface area (Å²) in [6, 6.07) is 8.04. The van der Waals surface area contributed by atoms with Gasteiger partial charge < -0.3 is 10.1 Å². The highest BCUT2D eigenvalue weighted by molar-refractivity contribution is 5.96. The predicted molar refractivity (Wildman–Crippen MR) is 91.5 cm³/mol. The maximum Gasteiger partial charge on any atom is 0.254 e. The van der Waals surface area contributed by atoms with Crippen LogP contribution < -0.4 is 5.32 Å². The van der Waals surface area contributed by atoms with Crippen molar-refractivity contribution in [1.82, 2.24) is 14.8 Å². The Hall–Kier alpha value is -2.73. The van der Waals surface area contributed by atoms with E-state index in [1.165, 1.54) is 0 Å². The number of anilines is 1. The maximum atomic E-state index is 12.2. The molecule has 0 radical (unpaired) electrons. The van der Waals surface area contributed by atoms with Gasteiger partial charge in [0.2, 0.25) is 0 Å². The summed E-state index contributed by atoms with van der Waals surface area (Å²) in [6.45, 7) is 0.651. The van der Waals surface area contributed by atoms with E-state index < -0.39 is 0 Å². The first-order valence-corrected chi connectivity index (χ1v) is 8.00. The van der Waals surface area contributed by atoms with Gasteiger partial charge in [0.15, 0.2) is 0 Å². The monoisotopic (exact) mass is 322 g/mol. The van der Waals surface area contributed by atoms with Crippen molar-refractivity contribution in [2.45, 2.75) is 18.9 Å². The van der Waals surface area contributed by atoms with E-state index in [0.717, 1.165) is 34.7 Å². The second kappa shape index (κ2) is 6.05. The van der Waals surface area contributed by atoms with Crippen molar-refractivity contribution in [3.63, 3.8) is 0 Å². The quantitative estimate of drug-likeness (QED) is 0.805. The van der Waals surface area contributed by atoms with Gasteiger partial charge in [0.05, 0.1) is 6.20 Å². The number of carbonyl (C=O) groups excluding carboxylic acids is 1. The molecule has 122 valence electrons. The number of benzene rings is 1. The highest BCUT2D eigenvalue weighted by Crippen LogP contribution is 2.25. The van der Waals surface area contributed by atoms with Crippen molar-refractivity contribution in [2.75, 3.05) is 11.9 Å². The molecule has 3 aromatic rings. The van der Waals surface area contributed by atoms with Gasteiger partial charge in [0, 0.05) is 37.0 Å². The van der Waals surface area contributed by atoms with Crippen LogP contribution in [0.5, 0.6) is 0 Å². The molecule has 6 heteroatoms. The second-order valence-electron chi connectivity index (χ2n) is 6.03. The average molecular weight is 322 g/mol. The van der Waals surface area contributed by atoms with Crippen LogP contribution in [0.4, 0.5) is 5.82 Å². The summed E-state index contributed by atoms with van der Waals surface area (Å²) in [4.78, 5) is 16.5. The van der Waals surface area contributed by atoms with Gasteiger partial charge in [0.1, 0.15) is 11.9 Å². The van der Waals surface area contributed by atoms with Crippen molar-refractivity contribution in [2.24, 2.45) is 7.05 Å². The lowest BCUT2D eigenvalue weighted by atomic mass is 10.1. The summed E-state index contributed by atoms with van der Waals surface area (Å²) in [7, 11) is 1.90. The number of carbonyl (C=O) groups is 1. The fourth-order valence-corrected chi connectivity index (χ4v) is 2.95. The number of aromatic nitrogens is 3. The van der Waals surface area contributed by atoms with E-state index in [1.54, 1.807) is 10.9 Å². The molecule has 1 aliphatic heterocycles. The van der Waals surface area contributed by atoms with Crippen LogP contribution >= 0.6 is 0 Å². The van der Waals surface area contributed by atoms with Crippen molar-refractivity contribution >= 4 is 22.5 Å². The molecule has 0 saturated carbocycles. The third kappa shape index (κ3) is 2.88. The Bertz CT molecular complexity index is 897. The minimum Gasteiger partial charge on any atom is -0.368 e. The Kier molecular flexibility index (Phi) is 3.74. The number of aryl methyl sites for hydroxylation is 1. The number of ether oxygens (including phenoxy) is 1. The van der Waals surface area contributed by atoms with Gasteiger partial charge in [-0.1, -0.05) is 12.1 Å². The molecular formula is C18H18N4O2. The van der Waals surface area contributed by atoms with Crippen LogP contribution in [0.3, 0.4) is 0 Å². The predicted octanol–water partition coefficient (Wildman–Crippen LogP) is 2.75. The molecule has 3 heterocycles. The Labute approximate surface area is 139 Å². The number of hydrogen-bond donors (Lipinski definition) is 1. The summed E-state index contributed by atoms with van der Waals surface area (Å²) in [5, 5.41) is 9.10. The number of rotatable bonds is 3. The molecule has 1 amide bonds. The SMILES string of the molecule is Cn1cc(-c2ccc3cnc(NC(=O)C4CCCO4)cc3c2)cn1. The van der Waals surface area contributed by atoms with Crippen LogP contribution in [-0.2, 0) is 16.6 Å². The first-order chi connectivity index (χ1) is 11.7. The third-order valence-electron chi connectivity index (χ3n) is 4.23. The second-order valence-corrected chi connectivity index (χ2v) is 6.03. The van der Waals surface area contributed by atoms with Gasteiger partial charge in [0.25, 0.3) is 5.91 Å². The fourth-order valence-electron chi connectivity index (χ4n) is 2.95. The molecule has 1 aromatic carbocycles. The lowest BCUT2D eigenvalue weighted by Gasteiger charge is -2.10. The molecule has 4 rings (SSSR count).